The average Bonchev–Trinajstić information content (AvgIpc) is 3.59. The number of fused-ring (bicyclic) bond motifs is 1. The maximum absolute atomic E-state index is 15.6. The highest BCUT2D eigenvalue weighted by molar-refractivity contribution is 5.81. The van der Waals surface area contributed by atoms with Crippen molar-refractivity contribution in [3.8, 4) is 11.5 Å². The van der Waals surface area contributed by atoms with Gasteiger partial charge in [-0.3, -0.25) is 4.57 Å². The third-order valence-corrected chi connectivity index (χ3v) is 7.59. The first-order valence-electron chi connectivity index (χ1n) is 13.4. The fourth-order valence-electron chi connectivity index (χ4n) is 5.40. The van der Waals surface area contributed by atoms with Gasteiger partial charge in [0, 0.05) is 0 Å². The summed E-state index contributed by atoms with van der Waals surface area (Å²) in [6.07, 6.45) is -2.81. The maximum atomic E-state index is 15.6. The monoisotopic (exact) mass is 571 g/mol. The number of ether oxygens (including phenoxy) is 4. The van der Waals surface area contributed by atoms with Crippen LogP contribution in [0.1, 0.15) is 22.9 Å². The predicted octanol–water partition coefficient (Wildman–Crippen LogP) is 4.03. The molecule has 6 rings (SSSR count). The van der Waals surface area contributed by atoms with Crippen LogP contribution in [0.2, 0.25) is 0 Å². The SMILES string of the molecule is COc1ccc(C(OC[C@H]2O[C@@H](n3cnc4c(N)ncnc43)[C@H](F)[C@@H]2O)(c2ccccc2)c2ccc(OC)cc2)cc1. The van der Waals surface area contributed by atoms with Crippen LogP contribution in [0.5, 0.6) is 11.5 Å². The second-order valence-corrected chi connectivity index (χ2v) is 9.90. The minimum Gasteiger partial charge on any atom is -0.497 e. The Kier molecular flexibility index (Phi) is 7.46. The number of aliphatic hydroxyl groups is 1. The third-order valence-electron chi connectivity index (χ3n) is 7.59. The lowest BCUT2D eigenvalue weighted by Crippen LogP contribution is -2.39. The molecular weight excluding hydrogens is 541 g/mol. The van der Waals surface area contributed by atoms with Gasteiger partial charge >= 0.3 is 0 Å². The summed E-state index contributed by atoms with van der Waals surface area (Å²) in [7, 11) is 3.21. The number of imidazole rings is 1. The predicted molar refractivity (Wildman–Crippen MR) is 153 cm³/mol. The second kappa shape index (κ2) is 11.4. The molecule has 11 heteroatoms. The summed E-state index contributed by atoms with van der Waals surface area (Å²) in [6.45, 7) is -0.144. The molecule has 1 fully saturated rings. The van der Waals surface area contributed by atoms with Gasteiger partial charge in [-0.15, -0.1) is 0 Å². The summed E-state index contributed by atoms with van der Waals surface area (Å²) >= 11 is 0. The van der Waals surface area contributed by atoms with Crippen molar-refractivity contribution in [2.75, 3.05) is 26.6 Å². The molecule has 0 aliphatic carbocycles. The zero-order valence-electron chi connectivity index (χ0n) is 23.0. The van der Waals surface area contributed by atoms with Crippen LogP contribution in [0, 0.1) is 0 Å². The van der Waals surface area contributed by atoms with E-state index in [1.807, 2.05) is 78.9 Å². The highest BCUT2D eigenvalue weighted by atomic mass is 19.1. The van der Waals surface area contributed by atoms with Crippen molar-refractivity contribution in [1.29, 1.82) is 0 Å². The van der Waals surface area contributed by atoms with Crippen molar-refractivity contribution in [3.05, 3.63) is 108 Å². The molecule has 0 amide bonds. The van der Waals surface area contributed by atoms with E-state index >= 15 is 4.39 Å². The molecule has 1 saturated heterocycles. The number of nitrogen functional groups attached to an aromatic ring is 1. The lowest BCUT2D eigenvalue weighted by atomic mass is 9.80. The van der Waals surface area contributed by atoms with E-state index < -0.39 is 30.2 Å². The van der Waals surface area contributed by atoms with Gasteiger partial charge in [-0.2, -0.15) is 0 Å². The number of rotatable bonds is 9. The minimum atomic E-state index is -1.78. The van der Waals surface area contributed by atoms with Crippen molar-refractivity contribution in [3.63, 3.8) is 0 Å². The van der Waals surface area contributed by atoms with E-state index in [0.29, 0.717) is 22.7 Å². The van der Waals surface area contributed by atoms with Gasteiger partial charge < -0.3 is 29.8 Å². The zero-order valence-corrected chi connectivity index (χ0v) is 23.0. The molecule has 4 atom stereocenters. The Morgan fingerprint density at radius 2 is 1.48 bits per heavy atom. The number of benzene rings is 3. The number of hydrogen-bond acceptors (Lipinski definition) is 9. The third kappa shape index (κ3) is 4.71. The van der Waals surface area contributed by atoms with Gasteiger partial charge in [0.1, 0.15) is 41.2 Å². The van der Waals surface area contributed by atoms with E-state index in [-0.39, 0.29) is 12.4 Å². The lowest BCUT2D eigenvalue weighted by molar-refractivity contribution is -0.0935. The molecule has 0 saturated carbocycles. The number of nitrogens with two attached hydrogens (primary N) is 1. The van der Waals surface area contributed by atoms with E-state index in [1.165, 1.54) is 17.2 Å². The molecule has 216 valence electrons. The number of hydrogen-bond donors (Lipinski definition) is 2. The number of anilines is 1. The first kappa shape index (κ1) is 27.6. The van der Waals surface area contributed by atoms with Crippen molar-refractivity contribution < 1.29 is 28.4 Å². The smallest absolute Gasteiger partial charge is 0.173 e. The highest BCUT2D eigenvalue weighted by Gasteiger charge is 2.48. The number of nitrogens with zero attached hydrogens (tertiary/aromatic N) is 4. The fraction of sp³-hybridized carbons (Fsp3) is 0.258. The molecule has 0 radical (unpaired) electrons. The number of halogens is 1. The van der Waals surface area contributed by atoms with Gasteiger partial charge in [0.05, 0.1) is 27.2 Å². The van der Waals surface area contributed by atoms with Crippen molar-refractivity contribution in [2.24, 2.45) is 0 Å². The molecule has 3 N–H and O–H groups in total. The molecule has 1 aliphatic rings. The summed E-state index contributed by atoms with van der Waals surface area (Å²) in [6, 6.07) is 24.8. The van der Waals surface area contributed by atoms with Gasteiger partial charge in [0.15, 0.2) is 23.9 Å². The second-order valence-electron chi connectivity index (χ2n) is 9.90. The van der Waals surface area contributed by atoms with Crippen molar-refractivity contribution in [1.82, 2.24) is 19.5 Å². The summed E-state index contributed by atoms with van der Waals surface area (Å²) in [4.78, 5) is 12.3. The van der Waals surface area contributed by atoms with Gasteiger partial charge in [0.25, 0.3) is 0 Å². The Balaban J connectivity index is 1.39. The van der Waals surface area contributed by atoms with E-state index in [4.69, 9.17) is 24.7 Å². The first-order chi connectivity index (χ1) is 20.5. The van der Waals surface area contributed by atoms with Crippen molar-refractivity contribution >= 4 is 17.0 Å². The van der Waals surface area contributed by atoms with Crippen LogP contribution < -0.4 is 15.2 Å². The lowest BCUT2D eigenvalue weighted by Gasteiger charge is -2.37. The van der Waals surface area contributed by atoms with E-state index in [2.05, 4.69) is 15.0 Å². The fourth-order valence-corrected chi connectivity index (χ4v) is 5.40. The quantitative estimate of drug-likeness (QED) is 0.252. The molecule has 1 aliphatic heterocycles. The first-order valence-corrected chi connectivity index (χ1v) is 13.4. The molecule has 3 heterocycles. The Bertz CT molecular complexity index is 1600. The van der Waals surface area contributed by atoms with Crippen LogP contribution in [0.25, 0.3) is 11.2 Å². The standard InChI is InChI=1S/C31H30FN5O5/c1-39-22-12-8-20(9-13-22)31(19-6-4-3-5-7-19,21-10-14-23(40-2)15-11-21)41-16-24-27(38)25(32)30(42-24)37-18-36-26-28(33)34-17-35-29(26)37/h3-15,17-18,24-25,27,30,38H,16H2,1-2H3,(H2,33,34,35)/t24-,25-,27-,30-/m1/s1. The van der Waals surface area contributed by atoms with E-state index in [0.717, 1.165) is 16.7 Å². The maximum Gasteiger partial charge on any atom is 0.173 e. The molecule has 3 aromatic carbocycles. The Hall–Kier alpha value is -4.58. The molecule has 5 aromatic rings. The minimum absolute atomic E-state index is 0.144. The summed E-state index contributed by atoms with van der Waals surface area (Å²) in [5.74, 6) is 1.54. The summed E-state index contributed by atoms with van der Waals surface area (Å²) in [5, 5.41) is 11.0. The molecule has 0 spiro atoms. The molecule has 10 nitrogen and oxygen atoms in total. The van der Waals surface area contributed by atoms with Gasteiger partial charge in [-0.05, 0) is 41.0 Å². The van der Waals surface area contributed by atoms with Crippen LogP contribution in [-0.4, -0.2) is 63.8 Å². The zero-order chi connectivity index (χ0) is 29.3. The van der Waals surface area contributed by atoms with Crippen LogP contribution in [0.4, 0.5) is 10.2 Å². The van der Waals surface area contributed by atoms with Crippen LogP contribution >= 0.6 is 0 Å². The largest absolute Gasteiger partial charge is 0.497 e. The molecule has 0 bridgehead atoms. The Morgan fingerprint density at radius 1 is 0.881 bits per heavy atom. The molecule has 0 unspecified atom stereocenters. The van der Waals surface area contributed by atoms with Crippen molar-refractivity contribution in [2.45, 2.75) is 30.2 Å². The van der Waals surface area contributed by atoms with Crippen LogP contribution in [0.3, 0.4) is 0 Å². The van der Waals surface area contributed by atoms with E-state index in [1.54, 1.807) is 14.2 Å². The van der Waals surface area contributed by atoms with E-state index in [9.17, 15) is 5.11 Å². The van der Waals surface area contributed by atoms with Crippen LogP contribution in [-0.2, 0) is 15.1 Å². The topological polar surface area (TPSA) is 127 Å². The van der Waals surface area contributed by atoms with Gasteiger partial charge in [-0.25, -0.2) is 19.3 Å². The number of aliphatic hydroxyl groups excluding tert-OH is 1. The number of aromatic nitrogens is 4. The average molecular weight is 572 g/mol. The number of methoxy groups -OCH3 is 2. The highest BCUT2D eigenvalue weighted by Crippen LogP contribution is 2.43. The molecular formula is C31H30FN5O5. The molecule has 2 aromatic heterocycles. The Labute approximate surface area is 241 Å². The summed E-state index contributed by atoms with van der Waals surface area (Å²) in [5.41, 5.74) is 7.81. The summed E-state index contributed by atoms with van der Waals surface area (Å²) < 4.78 is 40.7. The van der Waals surface area contributed by atoms with Gasteiger partial charge in [-0.1, -0.05) is 54.6 Å². The Morgan fingerprint density at radius 3 is 2.07 bits per heavy atom. The normalized spacial score (nSPS) is 20.6. The molecule has 42 heavy (non-hydrogen) atoms. The van der Waals surface area contributed by atoms with Gasteiger partial charge in [0.2, 0.25) is 0 Å². The van der Waals surface area contributed by atoms with Crippen LogP contribution in [0.15, 0.2) is 91.5 Å². The number of alkyl halides is 1.